The number of furan rings is 1. The normalized spacial score (nSPS) is 10.7. The summed E-state index contributed by atoms with van der Waals surface area (Å²) in [7, 11) is 0. The average Bonchev–Trinajstić information content (AvgIpc) is 2.99. The minimum atomic E-state index is -0.399. The lowest BCUT2D eigenvalue weighted by Gasteiger charge is -2.04. The maximum Gasteiger partial charge on any atom is 0.293 e. The second-order valence-corrected chi connectivity index (χ2v) is 5.96. The van der Waals surface area contributed by atoms with Crippen molar-refractivity contribution in [3.8, 4) is 11.3 Å². The van der Waals surface area contributed by atoms with Crippen molar-refractivity contribution >= 4 is 23.5 Å². The van der Waals surface area contributed by atoms with E-state index in [9.17, 15) is 4.79 Å². The van der Waals surface area contributed by atoms with Crippen molar-refractivity contribution in [1.29, 1.82) is 0 Å². The topological polar surface area (TPSA) is 68.0 Å². The fourth-order valence-corrected chi connectivity index (χ4v) is 2.49. The van der Waals surface area contributed by atoms with Crippen molar-refractivity contribution in [3.63, 3.8) is 0 Å². The minimum absolute atomic E-state index is 0.185. The van der Waals surface area contributed by atoms with Gasteiger partial charge in [-0.2, -0.15) is 0 Å². The standard InChI is InChI=1S/C18H16ClN3O2/c1-10-4-5-13(9-14(10)19)15-6-7-16(24-15)17(23)22-18-20-11(2)8-12(3)21-18/h4-9H,1-3H3,(H,20,21,22,23). The van der Waals surface area contributed by atoms with Gasteiger partial charge in [-0.15, -0.1) is 0 Å². The Bertz CT molecular complexity index is 898. The molecular formula is C18H16ClN3O2. The van der Waals surface area contributed by atoms with Crippen LogP contribution in [0.2, 0.25) is 5.02 Å². The molecular weight excluding hydrogens is 326 g/mol. The predicted octanol–water partition coefficient (Wildman–Crippen LogP) is 4.57. The van der Waals surface area contributed by atoms with Crippen LogP contribution in [-0.2, 0) is 0 Å². The molecule has 1 aromatic carbocycles. The van der Waals surface area contributed by atoms with E-state index in [2.05, 4.69) is 15.3 Å². The molecule has 0 aliphatic carbocycles. The van der Waals surface area contributed by atoms with Crippen molar-refractivity contribution in [2.45, 2.75) is 20.8 Å². The van der Waals surface area contributed by atoms with Crippen LogP contribution in [-0.4, -0.2) is 15.9 Å². The Morgan fingerprint density at radius 2 is 1.75 bits per heavy atom. The molecule has 0 aliphatic heterocycles. The van der Waals surface area contributed by atoms with Gasteiger partial charge in [-0.3, -0.25) is 10.1 Å². The Kier molecular flexibility index (Phi) is 4.36. The molecule has 5 nitrogen and oxygen atoms in total. The van der Waals surface area contributed by atoms with Gasteiger partial charge in [0.25, 0.3) is 5.91 Å². The third-order valence-corrected chi connectivity index (χ3v) is 3.90. The van der Waals surface area contributed by atoms with Crippen LogP contribution < -0.4 is 5.32 Å². The number of halogens is 1. The lowest BCUT2D eigenvalue weighted by atomic mass is 10.1. The molecule has 122 valence electrons. The Labute approximate surface area is 144 Å². The summed E-state index contributed by atoms with van der Waals surface area (Å²) in [6.45, 7) is 5.61. The van der Waals surface area contributed by atoms with Crippen LogP contribution in [0.3, 0.4) is 0 Å². The quantitative estimate of drug-likeness (QED) is 0.757. The number of hydrogen-bond acceptors (Lipinski definition) is 4. The highest BCUT2D eigenvalue weighted by atomic mass is 35.5. The van der Waals surface area contributed by atoms with E-state index in [1.54, 1.807) is 12.1 Å². The van der Waals surface area contributed by atoms with Crippen molar-refractivity contribution in [2.24, 2.45) is 0 Å². The molecule has 0 fully saturated rings. The summed E-state index contributed by atoms with van der Waals surface area (Å²) in [5.74, 6) is 0.617. The first-order chi connectivity index (χ1) is 11.4. The maximum atomic E-state index is 12.3. The molecule has 0 saturated heterocycles. The van der Waals surface area contributed by atoms with E-state index in [-0.39, 0.29) is 11.7 Å². The SMILES string of the molecule is Cc1cc(C)nc(NC(=O)c2ccc(-c3ccc(C)c(Cl)c3)o2)n1. The molecule has 24 heavy (non-hydrogen) atoms. The van der Waals surface area contributed by atoms with Crippen LogP contribution in [0.1, 0.15) is 27.5 Å². The minimum Gasteiger partial charge on any atom is -0.451 e. The van der Waals surface area contributed by atoms with Gasteiger partial charge in [0.2, 0.25) is 5.95 Å². The molecule has 0 saturated carbocycles. The highest BCUT2D eigenvalue weighted by Crippen LogP contribution is 2.27. The van der Waals surface area contributed by atoms with Gasteiger partial charge in [0, 0.05) is 22.0 Å². The van der Waals surface area contributed by atoms with Crippen LogP contribution in [0.15, 0.2) is 40.8 Å². The zero-order valence-corrected chi connectivity index (χ0v) is 14.3. The first-order valence-corrected chi connectivity index (χ1v) is 7.80. The van der Waals surface area contributed by atoms with Crippen molar-refractivity contribution in [2.75, 3.05) is 5.32 Å². The van der Waals surface area contributed by atoms with E-state index in [1.165, 1.54) is 0 Å². The molecule has 0 radical (unpaired) electrons. The first kappa shape index (κ1) is 16.2. The number of nitrogens with one attached hydrogen (secondary N) is 1. The molecule has 0 unspecified atom stereocenters. The lowest BCUT2D eigenvalue weighted by Crippen LogP contribution is -2.14. The molecule has 2 aromatic heterocycles. The van der Waals surface area contributed by atoms with Gasteiger partial charge < -0.3 is 4.42 Å². The highest BCUT2D eigenvalue weighted by molar-refractivity contribution is 6.31. The number of nitrogens with zero attached hydrogens (tertiary/aromatic N) is 2. The van der Waals surface area contributed by atoms with Crippen molar-refractivity contribution in [3.05, 3.63) is 64.1 Å². The molecule has 3 aromatic rings. The number of carbonyl (C=O) groups excluding carboxylic acids is 1. The zero-order valence-electron chi connectivity index (χ0n) is 13.6. The van der Waals surface area contributed by atoms with E-state index in [0.29, 0.717) is 10.8 Å². The van der Waals surface area contributed by atoms with Gasteiger partial charge in [0.1, 0.15) is 5.76 Å². The van der Waals surface area contributed by atoms with Crippen LogP contribution >= 0.6 is 11.6 Å². The molecule has 0 aliphatic rings. The molecule has 0 spiro atoms. The molecule has 1 amide bonds. The van der Waals surface area contributed by atoms with Gasteiger partial charge in [-0.1, -0.05) is 23.7 Å². The molecule has 0 atom stereocenters. The smallest absolute Gasteiger partial charge is 0.293 e. The Morgan fingerprint density at radius 1 is 1.04 bits per heavy atom. The summed E-state index contributed by atoms with van der Waals surface area (Å²) in [4.78, 5) is 20.7. The number of benzene rings is 1. The van der Waals surface area contributed by atoms with E-state index < -0.39 is 5.91 Å². The number of aryl methyl sites for hydroxylation is 3. The molecule has 0 bridgehead atoms. The third kappa shape index (κ3) is 3.46. The number of aromatic nitrogens is 2. The Balaban J connectivity index is 1.81. The number of rotatable bonds is 3. The van der Waals surface area contributed by atoms with Gasteiger partial charge in [0.05, 0.1) is 0 Å². The van der Waals surface area contributed by atoms with Gasteiger partial charge >= 0.3 is 0 Å². The summed E-state index contributed by atoms with van der Waals surface area (Å²) < 4.78 is 5.63. The van der Waals surface area contributed by atoms with Crippen LogP contribution in [0.25, 0.3) is 11.3 Å². The van der Waals surface area contributed by atoms with E-state index in [1.807, 2.05) is 45.0 Å². The summed E-state index contributed by atoms with van der Waals surface area (Å²) in [6.07, 6.45) is 0. The second-order valence-electron chi connectivity index (χ2n) is 5.56. The predicted molar refractivity (Wildman–Crippen MR) is 93.4 cm³/mol. The zero-order chi connectivity index (χ0) is 17.3. The van der Waals surface area contributed by atoms with E-state index in [4.69, 9.17) is 16.0 Å². The van der Waals surface area contributed by atoms with Crippen LogP contribution in [0.4, 0.5) is 5.95 Å². The number of carbonyl (C=O) groups is 1. The van der Waals surface area contributed by atoms with Gasteiger partial charge in [-0.25, -0.2) is 9.97 Å². The van der Waals surface area contributed by atoms with Crippen molar-refractivity contribution < 1.29 is 9.21 Å². The molecule has 2 heterocycles. The highest BCUT2D eigenvalue weighted by Gasteiger charge is 2.14. The summed E-state index contributed by atoms with van der Waals surface area (Å²) >= 11 is 6.13. The number of hydrogen-bond donors (Lipinski definition) is 1. The fraction of sp³-hybridized carbons (Fsp3) is 0.167. The number of anilines is 1. The van der Waals surface area contributed by atoms with E-state index in [0.717, 1.165) is 22.5 Å². The maximum absolute atomic E-state index is 12.3. The molecule has 3 rings (SSSR count). The van der Waals surface area contributed by atoms with Crippen LogP contribution in [0, 0.1) is 20.8 Å². The molecule has 1 N–H and O–H groups in total. The van der Waals surface area contributed by atoms with E-state index >= 15 is 0 Å². The fourth-order valence-electron chi connectivity index (χ4n) is 2.31. The number of amides is 1. The lowest BCUT2D eigenvalue weighted by molar-refractivity contribution is 0.0996. The summed E-state index contributed by atoms with van der Waals surface area (Å²) in [5.41, 5.74) is 3.36. The molecule has 6 heteroatoms. The summed E-state index contributed by atoms with van der Waals surface area (Å²) in [5, 5.41) is 3.30. The van der Waals surface area contributed by atoms with Gasteiger partial charge in [0.15, 0.2) is 5.76 Å². The second kappa shape index (κ2) is 6.45. The summed E-state index contributed by atoms with van der Waals surface area (Å²) in [6, 6.07) is 10.8. The average molecular weight is 342 g/mol. The van der Waals surface area contributed by atoms with Crippen LogP contribution in [0.5, 0.6) is 0 Å². The monoisotopic (exact) mass is 341 g/mol. The third-order valence-electron chi connectivity index (χ3n) is 3.49. The largest absolute Gasteiger partial charge is 0.451 e. The Morgan fingerprint density at radius 3 is 2.42 bits per heavy atom. The Hall–Kier alpha value is -2.66. The first-order valence-electron chi connectivity index (χ1n) is 7.42. The van der Waals surface area contributed by atoms with Crippen molar-refractivity contribution in [1.82, 2.24) is 9.97 Å². The van der Waals surface area contributed by atoms with Gasteiger partial charge in [-0.05, 0) is 50.6 Å².